The van der Waals surface area contributed by atoms with E-state index in [1.54, 1.807) is 11.3 Å². The van der Waals surface area contributed by atoms with Gasteiger partial charge in [-0.15, -0.1) is 11.3 Å². The van der Waals surface area contributed by atoms with Gasteiger partial charge in [0.05, 0.1) is 10.2 Å². The zero-order valence-corrected chi connectivity index (χ0v) is 13.0. The van der Waals surface area contributed by atoms with Crippen LogP contribution in [-0.2, 0) is 0 Å². The van der Waals surface area contributed by atoms with Crippen molar-refractivity contribution in [3.63, 3.8) is 0 Å². The summed E-state index contributed by atoms with van der Waals surface area (Å²) in [5.41, 5.74) is 5.73. The molecule has 0 unspecified atom stereocenters. The summed E-state index contributed by atoms with van der Waals surface area (Å²) in [6, 6.07) is 12.6. The second kappa shape index (κ2) is 4.43. The van der Waals surface area contributed by atoms with Gasteiger partial charge in [0.2, 0.25) is 0 Å². The molecule has 0 radical (unpaired) electrons. The van der Waals surface area contributed by atoms with Gasteiger partial charge in [0, 0.05) is 5.39 Å². The van der Waals surface area contributed by atoms with Gasteiger partial charge in [-0.05, 0) is 50.1 Å². The third kappa shape index (κ3) is 1.96. The van der Waals surface area contributed by atoms with Gasteiger partial charge in [0.15, 0.2) is 10.8 Å². The van der Waals surface area contributed by atoms with Crippen LogP contribution in [-0.4, -0.2) is 4.98 Å². The van der Waals surface area contributed by atoms with Crippen LogP contribution in [0.1, 0.15) is 16.7 Å². The number of hydrogen-bond acceptors (Lipinski definition) is 3. The Morgan fingerprint density at radius 2 is 1.76 bits per heavy atom. The Morgan fingerprint density at radius 3 is 2.57 bits per heavy atom. The van der Waals surface area contributed by atoms with Crippen molar-refractivity contribution >= 4 is 32.5 Å². The molecular formula is C18H15NOS. The molecule has 2 heterocycles. The van der Waals surface area contributed by atoms with Crippen molar-refractivity contribution in [1.82, 2.24) is 4.98 Å². The quantitative estimate of drug-likeness (QED) is 0.454. The number of aromatic nitrogens is 1. The molecule has 0 aliphatic heterocycles. The highest BCUT2D eigenvalue weighted by Gasteiger charge is 2.13. The van der Waals surface area contributed by atoms with E-state index < -0.39 is 0 Å². The van der Waals surface area contributed by atoms with E-state index in [2.05, 4.69) is 51.1 Å². The fourth-order valence-corrected chi connectivity index (χ4v) is 3.70. The lowest BCUT2D eigenvalue weighted by atomic mass is 10.1. The summed E-state index contributed by atoms with van der Waals surface area (Å²) < 4.78 is 7.22. The molecule has 0 atom stereocenters. The highest BCUT2D eigenvalue weighted by Crippen LogP contribution is 2.36. The molecule has 0 aliphatic carbocycles. The molecule has 0 aliphatic rings. The van der Waals surface area contributed by atoms with Crippen LogP contribution in [0.25, 0.3) is 32.0 Å². The minimum Gasteiger partial charge on any atom is -0.454 e. The number of rotatable bonds is 1. The SMILES string of the molecule is Cc1ccc2oc(-c3nc4c(C)ccc(C)c4s3)cc2c1. The molecule has 2 aromatic carbocycles. The lowest BCUT2D eigenvalue weighted by Crippen LogP contribution is -1.78. The van der Waals surface area contributed by atoms with Crippen LogP contribution in [0.3, 0.4) is 0 Å². The van der Waals surface area contributed by atoms with E-state index >= 15 is 0 Å². The maximum Gasteiger partial charge on any atom is 0.164 e. The fourth-order valence-electron chi connectivity index (χ4n) is 2.63. The normalized spacial score (nSPS) is 11.6. The smallest absolute Gasteiger partial charge is 0.164 e. The first-order valence-electron chi connectivity index (χ1n) is 6.99. The van der Waals surface area contributed by atoms with Crippen molar-refractivity contribution < 1.29 is 4.42 Å². The largest absolute Gasteiger partial charge is 0.454 e. The lowest BCUT2D eigenvalue weighted by molar-refractivity contribution is 0.631. The summed E-state index contributed by atoms with van der Waals surface area (Å²) >= 11 is 1.71. The molecule has 4 aromatic rings. The zero-order chi connectivity index (χ0) is 14.6. The number of thiazole rings is 1. The Balaban J connectivity index is 1.95. The summed E-state index contributed by atoms with van der Waals surface area (Å²) in [5.74, 6) is 0.857. The number of nitrogens with zero attached hydrogens (tertiary/aromatic N) is 1. The fraction of sp³-hybridized carbons (Fsp3) is 0.167. The number of furan rings is 1. The zero-order valence-electron chi connectivity index (χ0n) is 12.2. The van der Waals surface area contributed by atoms with Gasteiger partial charge in [-0.2, -0.15) is 0 Å². The van der Waals surface area contributed by atoms with Gasteiger partial charge in [0.1, 0.15) is 5.58 Å². The van der Waals surface area contributed by atoms with E-state index in [1.165, 1.54) is 21.4 Å². The Morgan fingerprint density at radius 1 is 0.952 bits per heavy atom. The summed E-state index contributed by atoms with van der Waals surface area (Å²) in [4.78, 5) is 4.79. The Labute approximate surface area is 127 Å². The Bertz CT molecular complexity index is 939. The van der Waals surface area contributed by atoms with Gasteiger partial charge in [-0.25, -0.2) is 4.98 Å². The average Bonchev–Trinajstić information content (AvgIpc) is 3.06. The van der Waals surface area contributed by atoms with Crippen LogP contribution < -0.4 is 0 Å². The van der Waals surface area contributed by atoms with Crippen LogP contribution in [0.4, 0.5) is 0 Å². The van der Waals surface area contributed by atoms with Crippen LogP contribution in [0.2, 0.25) is 0 Å². The molecule has 0 amide bonds. The monoisotopic (exact) mass is 293 g/mol. The van der Waals surface area contributed by atoms with Crippen molar-refractivity contribution in [2.45, 2.75) is 20.8 Å². The van der Waals surface area contributed by atoms with Crippen molar-refractivity contribution in [1.29, 1.82) is 0 Å². The molecule has 0 fully saturated rings. The van der Waals surface area contributed by atoms with Gasteiger partial charge in [0.25, 0.3) is 0 Å². The molecule has 21 heavy (non-hydrogen) atoms. The van der Waals surface area contributed by atoms with Crippen LogP contribution in [0.5, 0.6) is 0 Å². The van der Waals surface area contributed by atoms with Crippen molar-refractivity contribution in [3.8, 4) is 10.8 Å². The first-order chi connectivity index (χ1) is 10.1. The summed E-state index contributed by atoms with van der Waals surface area (Å²) in [5, 5.41) is 2.09. The summed E-state index contributed by atoms with van der Waals surface area (Å²) in [7, 11) is 0. The summed E-state index contributed by atoms with van der Waals surface area (Å²) in [6.45, 7) is 6.33. The molecule has 2 nitrogen and oxygen atoms in total. The predicted molar refractivity (Wildman–Crippen MR) is 89.0 cm³/mol. The third-order valence-electron chi connectivity index (χ3n) is 3.82. The van der Waals surface area contributed by atoms with E-state index in [1.807, 2.05) is 6.07 Å². The second-order valence-corrected chi connectivity index (χ2v) is 6.55. The number of benzene rings is 2. The van der Waals surface area contributed by atoms with Gasteiger partial charge in [-0.3, -0.25) is 0 Å². The van der Waals surface area contributed by atoms with E-state index in [-0.39, 0.29) is 0 Å². The van der Waals surface area contributed by atoms with Gasteiger partial charge >= 0.3 is 0 Å². The van der Waals surface area contributed by atoms with Gasteiger partial charge < -0.3 is 4.42 Å². The minimum atomic E-state index is 0.857. The van der Waals surface area contributed by atoms with Crippen LogP contribution in [0.15, 0.2) is 40.8 Å². The molecule has 2 aromatic heterocycles. The second-order valence-electron chi connectivity index (χ2n) is 5.55. The predicted octanol–water partition coefficient (Wildman–Crippen LogP) is 5.63. The molecule has 0 spiro atoms. The van der Waals surface area contributed by atoms with Crippen molar-refractivity contribution in [3.05, 3.63) is 53.1 Å². The van der Waals surface area contributed by atoms with Crippen molar-refractivity contribution in [2.75, 3.05) is 0 Å². The average molecular weight is 293 g/mol. The van der Waals surface area contributed by atoms with E-state index in [0.717, 1.165) is 27.3 Å². The van der Waals surface area contributed by atoms with E-state index in [4.69, 9.17) is 9.40 Å². The highest BCUT2D eigenvalue weighted by molar-refractivity contribution is 7.21. The lowest BCUT2D eigenvalue weighted by Gasteiger charge is -1.96. The van der Waals surface area contributed by atoms with Crippen LogP contribution >= 0.6 is 11.3 Å². The van der Waals surface area contributed by atoms with E-state index in [9.17, 15) is 0 Å². The molecule has 4 rings (SSSR count). The summed E-state index contributed by atoms with van der Waals surface area (Å²) in [6.07, 6.45) is 0. The van der Waals surface area contributed by atoms with Crippen LogP contribution in [0, 0.1) is 20.8 Å². The minimum absolute atomic E-state index is 0.857. The molecule has 0 bridgehead atoms. The highest BCUT2D eigenvalue weighted by atomic mass is 32.1. The maximum atomic E-state index is 5.97. The van der Waals surface area contributed by atoms with Crippen molar-refractivity contribution in [2.24, 2.45) is 0 Å². The molecule has 0 saturated carbocycles. The first kappa shape index (κ1) is 12.6. The molecule has 3 heteroatoms. The Kier molecular flexibility index (Phi) is 2.66. The first-order valence-corrected chi connectivity index (χ1v) is 7.81. The standard InChI is InChI=1S/C18H15NOS/c1-10-4-7-14-13(8-10)9-15(20-14)18-19-16-11(2)5-6-12(3)17(16)21-18/h4-9H,1-3H3. The Hall–Kier alpha value is -2.13. The number of fused-ring (bicyclic) bond motifs is 2. The molecule has 0 saturated heterocycles. The molecular weight excluding hydrogens is 278 g/mol. The van der Waals surface area contributed by atoms with E-state index in [0.29, 0.717) is 0 Å². The molecule has 0 N–H and O–H groups in total. The number of aryl methyl sites for hydroxylation is 3. The maximum absolute atomic E-state index is 5.97. The number of hydrogen-bond donors (Lipinski definition) is 0. The topological polar surface area (TPSA) is 26.0 Å². The van der Waals surface area contributed by atoms with Gasteiger partial charge in [-0.1, -0.05) is 23.8 Å². The molecule has 104 valence electrons. The third-order valence-corrected chi connectivity index (χ3v) is 5.03.